The number of aliphatic hydroxyl groups excluding tert-OH is 1. The highest BCUT2D eigenvalue weighted by atomic mass is 32.2. The average molecular weight is 227 g/mol. The van der Waals surface area contributed by atoms with Crippen molar-refractivity contribution < 1.29 is 13.5 Å². The van der Waals surface area contributed by atoms with Crippen LogP contribution in [-0.2, 0) is 10.0 Å². The van der Waals surface area contributed by atoms with Crippen molar-refractivity contribution in [3.8, 4) is 0 Å². The van der Waals surface area contributed by atoms with E-state index in [1.165, 1.54) is 4.31 Å². The summed E-state index contributed by atoms with van der Waals surface area (Å²) in [5, 5.41) is 9.30. The molecule has 1 unspecified atom stereocenters. The molecule has 0 radical (unpaired) electrons. The number of hydrogen-bond donors (Lipinski definition) is 1. The molecule has 5 heteroatoms. The number of rotatable bonds is 2. The number of sulfonamides is 1. The number of nitrogens with zero attached hydrogens (tertiary/aromatic N) is 1. The summed E-state index contributed by atoms with van der Waals surface area (Å²) in [5.74, 6) is 0. The van der Waals surface area contributed by atoms with Crippen LogP contribution in [0, 0.1) is 0 Å². The Labute approximate surface area is 89.2 Å². The summed E-state index contributed by atoms with van der Waals surface area (Å²) in [7, 11) is -3.40. The standard InChI is InChI=1S/C10H13NO3S/c12-9-6-7-11(8-9)15(13,14)10-4-2-1-3-5-10/h1-5,9,12H,6-8H2. The molecule has 15 heavy (non-hydrogen) atoms. The fraction of sp³-hybridized carbons (Fsp3) is 0.400. The molecule has 0 bridgehead atoms. The lowest BCUT2D eigenvalue weighted by Crippen LogP contribution is -2.29. The van der Waals surface area contributed by atoms with E-state index in [1.807, 2.05) is 0 Å². The van der Waals surface area contributed by atoms with Crippen molar-refractivity contribution in [1.29, 1.82) is 0 Å². The highest BCUT2D eigenvalue weighted by Crippen LogP contribution is 2.20. The molecule has 1 heterocycles. The van der Waals surface area contributed by atoms with Crippen LogP contribution in [0.1, 0.15) is 6.42 Å². The molecular formula is C10H13NO3S. The molecule has 0 saturated carbocycles. The van der Waals surface area contributed by atoms with Crippen LogP contribution in [-0.4, -0.2) is 37.0 Å². The molecule has 1 aliphatic rings. The molecule has 1 fully saturated rings. The molecule has 1 saturated heterocycles. The molecule has 1 aliphatic heterocycles. The number of hydrogen-bond acceptors (Lipinski definition) is 3. The zero-order valence-electron chi connectivity index (χ0n) is 8.20. The minimum atomic E-state index is -3.40. The first-order valence-electron chi connectivity index (χ1n) is 4.84. The second-order valence-corrected chi connectivity index (χ2v) is 5.56. The van der Waals surface area contributed by atoms with Gasteiger partial charge in [0.1, 0.15) is 0 Å². The second-order valence-electron chi connectivity index (χ2n) is 3.62. The number of aliphatic hydroxyl groups is 1. The quantitative estimate of drug-likeness (QED) is 0.797. The summed E-state index contributed by atoms with van der Waals surface area (Å²) in [6.07, 6.45) is -0.00464. The van der Waals surface area contributed by atoms with Gasteiger partial charge in [-0.3, -0.25) is 0 Å². The summed E-state index contributed by atoms with van der Waals surface area (Å²) >= 11 is 0. The van der Waals surface area contributed by atoms with Crippen molar-refractivity contribution in [3.05, 3.63) is 30.3 Å². The Hall–Kier alpha value is -0.910. The third-order valence-electron chi connectivity index (χ3n) is 2.51. The Morgan fingerprint density at radius 2 is 1.93 bits per heavy atom. The maximum atomic E-state index is 12.0. The van der Waals surface area contributed by atoms with Gasteiger partial charge in [-0.15, -0.1) is 0 Å². The third kappa shape index (κ3) is 2.04. The summed E-state index contributed by atoms with van der Waals surface area (Å²) in [6.45, 7) is 0.607. The van der Waals surface area contributed by atoms with E-state index >= 15 is 0 Å². The highest BCUT2D eigenvalue weighted by Gasteiger charge is 2.31. The normalized spacial score (nSPS) is 23.1. The molecule has 0 spiro atoms. The van der Waals surface area contributed by atoms with Crippen LogP contribution >= 0.6 is 0 Å². The van der Waals surface area contributed by atoms with Gasteiger partial charge in [-0.05, 0) is 18.6 Å². The summed E-state index contributed by atoms with van der Waals surface area (Å²) in [5.41, 5.74) is 0. The topological polar surface area (TPSA) is 57.6 Å². The fourth-order valence-corrected chi connectivity index (χ4v) is 3.18. The van der Waals surface area contributed by atoms with Crippen molar-refractivity contribution in [2.24, 2.45) is 0 Å². The van der Waals surface area contributed by atoms with E-state index in [0.29, 0.717) is 17.9 Å². The maximum Gasteiger partial charge on any atom is 0.243 e. The lowest BCUT2D eigenvalue weighted by atomic mass is 10.3. The van der Waals surface area contributed by atoms with Gasteiger partial charge in [-0.2, -0.15) is 4.31 Å². The fourth-order valence-electron chi connectivity index (χ4n) is 1.67. The SMILES string of the molecule is O=S(=O)(c1ccccc1)N1CCC(O)C1. The molecule has 1 aromatic rings. The van der Waals surface area contributed by atoms with E-state index in [0.717, 1.165) is 0 Å². The predicted octanol–water partition coefficient (Wildman–Crippen LogP) is 0.442. The minimum Gasteiger partial charge on any atom is -0.392 e. The minimum absolute atomic E-state index is 0.206. The van der Waals surface area contributed by atoms with Crippen LogP contribution in [0.15, 0.2) is 35.2 Å². The van der Waals surface area contributed by atoms with Crippen molar-refractivity contribution in [2.45, 2.75) is 17.4 Å². The zero-order valence-corrected chi connectivity index (χ0v) is 9.02. The number of β-amino-alcohol motifs (C(OH)–C–C–N with tert-alkyl or cyclic N) is 1. The van der Waals surface area contributed by atoms with E-state index in [9.17, 15) is 13.5 Å². The van der Waals surface area contributed by atoms with Gasteiger partial charge in [0.05, 0.1) is 11.0 Å². The molecule has 82 valence electrons. The van der Waals surface area contributed by atoms with Gasteiger partial charge in [0.25, 0.3) is 0 Å². The van der Waals surface area contributed by atoms with Gasteiger partial charge in [0.2, 0.25) is 10.0 Å². The highest BCUT2D eigenvalue weighted by molar-refractivity contribution is 7.89. The van der Waals surface area contributed by atoms with Gasteiger partial charge in [0.15, 0.2) is 0 Å². The van der Waals surface area contributed by atoms with Crippen LogP contribution in [0.3, 0.4) is 0 Å². The Morgan fingerprint density at radius 1 is 1.27 bits per heavy atom. The molecule has 0 aliphatic carbocycles. The number of benzene rings is 1. The molecule has 2 rings (SSSR count). The Balaban J connectivity index is 2.28. The summed E-state index contributed by atoms with van der Waals surface area (Å²) in [4.78, 5) is 0.291. The van der Waals surface area contributed by atoms with Gasteiger partial charge in [0, 0.05) is 13.1 Å². The Kier molecular flexibility index (Phi) is 2.77. The van der Waals surface area contributed by atoms with E-state index in [1.54, 1.807) is 30.3 Å². The van der Waals surface area contributed by atoms with Crippen LogP contribution in [0.2, 0.25) is 0 Å². The van der Waals surface area contributed by atoms with Crippen molar-refractivity contribution >= 4 is 10.0 Å². The molecule has 4 nitrogen and oxygen atoms in total. The molecule has 0 amide bonds. The summed E-state index contributed by atoms with van der Waals surface area (Å²) < 4.78 is 25.3. The summed E-state index contributed by atoms with van der Waals surface area (Å²) in [6, 6.07) is 8.30. The van der Waals surface area contributed by atoms with E-state index in [2.05, 4.69) is 0 Å². The average Bonchev–Trinajstić information content (AvgIpc) is 2.67. The van der Waals surface area contributed by atoms with E-state index in [-0.39, 0.29) is 6.54 Å². The monoisotopic (exact) mass is 227 g/mol. The molecular weight excluding hydrogens is 214 g/mol. The van der Waals surface area contributed by atoms with Gasteiger partial charge >= 0.3 is 0 Å². The van der Waals surface area contributed by atoms with Crippen molar-refractivity contribution in [2.75, 3.05) is 13.1 Å². The lowest BCUT2D eigenvalue weighted by molar-refractivity contribution is 0.189. The second kappa shape index (κ2) is 3.92. The van der Waals surface area contributed by atoms with Crippen LogP contribution in [0.5, 0.6) is 0 Å². The third-order valence-corrected chi connectivity index (χ3v) is 4.39. The van der Waals surface area contributed by atoms with Crippen LogP contribution in [0.4, 0.5) is 0 Å². The molecule has 1 aromatic carbocycles. The largest absolute Gasteiger partial charge is 0.392 e. The van der Waals surface area contributed by atoms with Crippen molar-refractivity contribution in [1.82, 2.24) is 4.31 Å². The lowest BCUT2D eigenvalue weighted by Gasteiger charge is -2.15. The first-order valence-corrected chi connectivity index (χ1v) is 6.28. The Bertz CT molecular complexity index is 429. The molecule has 1 N–H and O–H groups in total. The van der Waals surface area contributed by atoms with Crippen LogP contribution < -0.4 is 0 Å². The first-order chi connectivity index (χ1) is 7.10. The van der Waals surface area contributed by atoms with E-state index in [4.69, 9.17) is 0 Å². The molecule has 1 atom stereocenters. The zero-order chi connectivity index (χ0) is 10.9. The smallest absolute Gasteiger partial charge is 0.243 e. The van der Waals surface area contributed by atoms with Gasteiger partial charge in [-0.1, -0.05) is 18.2 Å². The first kappa shape index (κ1) is 10.6. The van der Waals surface area contributed by atoms with Gasteiger partial charge in [-0.25, -0.2) is 8.42 Å². The van der Waals surface area contributed by atoms with Crippen molar-refractivity contribution in [3.63, 3.8) is 0 Å². The predicted molar refractivity (Wildman–Crippen MR) is 55.8 cm³/mol. The van der Waals surface area contributed by atoms with Crippen LogP contribution in [0.25, 0.3) is 0 Å². The Morgan fingerprint density at radius 3 is 2.47 bits per heavy atom. The van der Waals surface area contributed by atoms with E-state index < -0.39 is 16.1 Å². The maximum absolute atomic E-state index is 12.0. The molecule has 0 aromatic heterocycles. The van der Waals surface area contributed by atoms with Gasteiger partial charge < -0.3 is 5.11 Å².